The van der Waals surface area contributed by atoms with Gasteiger partial charge in [0.15, 0.2) is 12.6 Å². The van der Waals surface area contributed by atoms with E-state index in [1.165, 1.54) is 24.2 Å². The van der Waals surface area contributed by atoms with Crippen LogP contribution in [0.25, 0.3) is 0 Å². The molecule has 2 aliphatic carbocycles. The van der Waals surface area contributed by atoms with Crippen LogP contribution in [0, 0.1) is 17.8 Å². The van der Waals surface area contributed by atoms with Crippen molar-refractivity contribution in [2.75, 3.05) is 212 Å². The lowest BCUT2D eigenvalue weighted by molar-refractivity contribution is -0.312. The van der Waals surface area contributed by atoms with Crippen LogP contribution in [0.2, 0.25) is 0 Å². The highest BCUT2D eigenvalue weighted by atomic mass is 16.7. The summed E-state index contributed by atoms with van der Waals surface area (Å²) >= 11 is 0. The molecule has 4 heterocycles. The fraction of sp³-hybridized carbons (Fsp3) is 0.846. The molecule has 688 valence electrons. The highest BCUT2D eigenvalue weighted by molar-refractivity contribution is 6.12. The molecule has 120 heavy (non-hydrogen) atoms. The van der Waals surface area contributed by atoms with Crippen LogP contribution in [0.1, 0.15) is 102 Å². The Kier molecular flexibility index (Phi) is 53.5. The highest BCUT2D eigenvalue weighted by Crippen LogP contribution is 2.35. The van der Waals surface area contributed by atoms with Crippen molar-refractivity contribution in [3.8, 4) is 0 Å². The minimum Gasteiger partial charge on any atom is -0.394 e. The minimum atomic E-state index is -1.73. The molecule has 42 nitrogen and oxygen atoms in total. The van der Waals surface area contributed by atoms with Gasteiger partial charge in [-0.3, -0.25) is 38.5 Å². The Morgan fingerprint density at radius 2 is 0.983 bits per heavy atom. The molecule has 2 saturated heterocycles. The summed E-state index contributed by atoms with van der Waals surface area (Å²) in [6, 6.07) is 0. The standard InChI is InChI=1S/C78H132N8O34/c1-103-77-74(102)72(100)76(116-25-7-3-5-11-63(91)82-46-57-48-85(84-83-57)21-28-107-32-34-109-36-38-111-40-42-113-44-43-112-41-39-110-37-35-108-33-31-106-27-20-81-65(93)53-114-52-64(92)79-18-22-87)61(120-77)51-117-59-45-56(50-118-78-73(101)70(98)69(97)60(49-88)119-78)75(71(99)68(59)96)115-24-6-2-4-10-62(90)80-19-26-105-30-29-104-23-8-9-58(89)55-14-12-54(13-15-55)47-86-66(94)16-17-67(86)95/h16-17,22,48,54-56,59-61,68-78,88,96-102H,2-15,18-21,23-47,49-53H2,1H3,(H,79,92)(H,80,90)(H,81,93)(H,82,91)/t54?,55?,56-,59+,60-,61-,68+,69-,70-,71+,72+,73-,74-,75-,76-,77+,78+/m1/s1. The molecule has 0 radical (unpaired) electrons. The number of carbonyl (C=O) groups excluding carboxylic acids is 8. The largest absolute Gasteiger partial charge is 0.394 e. The van der Waals surface area contributed by atoms with Gasteiger partial charge in [-0.15, -0.1) is 5.10 Å². The van der Waals surface area contributed by atoms with Gasteiger partial charge >= 0.3 is 0 Å². The summed E-state index contributed by atoms with van der Waals surface area (Å²) in [6.07, 6.45) is -7.40. The molecule has 5 aliphatic rings. The van der Waals surface area contributed by atoms with Gasteiger partial charge in [0, 0.05) is 89.8 Å². The fourth-order valence-corrected chi connectivity index (χ4v) is 13.6. The number of Topliss-reactive ketones (excluding diaryl/α,β-unsaturated/α-hetero) is 1. The zero-order valence-corrected chi connectivity index (χ0v) is 69.0. The van der Waals surface area contributed by atoms with Crippen molar-refractivity contribution in [2.24, 2.45) is 17.8 Å². The molecular formula is C78H132N8O34. The fourth-order valence-electron chi connectivity index (χ4n) is 13.6. The first-order chi connectivity index (χ1) is 58.3. The number of amides is 6. The first-order valence-electron chi connectivity index (χ1n) is 41.8. The molecule has 12 N–H and O–H groups in total. The molecular weight excluding hydrogens is 1590 g/mol. The quantitative estimate of drug-likeness (QED) is 0.0167. The maximum absolute atomic E-state index is 12.8. The monoisotopic (exact) mass is 1720 g/mol. The lowest BCUT2D eigenvalue weighted by Gasteiger charge is -2.45. The van der Waals surface area contributed by atoms with Crippen LogP contribution in [0.4, 0.5) is 0 Å². The summed E-state index contributed by atoms with van der Waals surface area (Å²) in [5, 5.41) is 106. The van der Waals surface area contributed by atoms with Gasteiger partial charge in [-0.2, -0.15) is 0 Å². The Bertz CT molecular complexity index is 3000. The molecule has 1 aromatic heterocycles. The SMILES string of the molecule is CO[C@H]1O[C@H](CO[C@H]2C[C@H](CO[C@H]3O[C@H](CO)[C@@H](O)[C@@H](O)[C@H]3O)[C@@H](OCCCCCC(=O)NCCOCCOCCCC(=O)C3CCC(CN4C(=O)C=CC4=O)CC3)[C@@H](O)[C@H]2O)[C@@H](OCCCCCC(=O)NCc2cn(CCOCCOCCOCCOCCOCCOCCOCCOCCNC(=O)COCC(=O)NCC=O)nn2)[C@@H](O)[C@H]1O. The van der Waals surface area contributed by atoms with Gasteiger partial charge in [0.25, 0.3) is 11.8 Å². The molecule has 2 saturated carbocycles. The first kappa shape index (κ1) is 103. The number of nitrogens with zero attached hydrogens (tertiary/aromatic N) is 4. The van der Waals surface area contributed by atoms with E-state index in [2.05, 4.69) is 31.6 Å². The predicted molar refractivity (Wildman–Crippen MR) is 415 cm³/mol. The predicted octanol–water partition coefficient (Wildman–Crippen LogP) is -4.37. The normalized spacial score (nSPS) is 25.7. The summed E-state index contributed by atoms with van der Waals surface area (Å²) < 4.78 is 103. The van der Waals surface area contributed by atoms with Crippen LogP contribution in [0.3, 0.4) is 0 Å². The van der Waals surface area contributed by atoms with Crippen molar-refractivity contribution in [3.63, 3.8) is 0 Å². The van der Waals surface area contributed by atoms with Gasteiger partial charge < -0.3 is 152 Å². The van der Waals surface area contributed by atoms with E-state index < -0.39 is 110 Å². The summed E-state index contributed by atoms with van der Waals surface area (Å²) in [5.74, 6) is -2.19. The number of hydrogen-bond acceptors (Lipinski definition) is 36. The zero-order valence-electron chi connectivity index (χ0n) is 69.0. The molecule has 6 rings (SSSR count). The number of nitrogens with one attached hydrogen (secondary N) is 4. The number of imide groups is 1. The van der Waals surface area contributed by atoms with Gasteiger partial charge in [-0.25, -0.2) is 4.68 Å². The highest BCUT2D eigenvalue weighted by Gasteiger charge is 2.50. The van der Waals surface area contributed by atoms with Gasteiger partial charge in [0.1, 0.15) is 92.0 Å². The molecule has 0 unspecified atom stereocenters. The Morgan fingerprint density at radius 3 is 1.54 bits per heavy atom. The summed E-state index contributed by atoms with van der Waals surface area (Å²) in [5.41, 5.74) is 0.559. The van der Waals surface area contributed by atoms with E-state index >= 15 is 0 Å². The molecule has 1 aromatic rings. The number of unbranched alkanes of at least 4 members (excludes halogenated alkanes) is 4. The molecule has 0 bridgehead atoms. The molecule has 0 spiro atoms. The number of aromatic nitrogens is 3. The van der Waals surface area contributed by atoms with Crippen LogP contribution in [-0.2, 0) is 137 Å². The Morgan fingerprint density at radius 1 is 0.483 bits per heavy atom. The third kappa shape index (κ3) is 40.9. The van der Waals surface area contributed by atoms with E-state index in [0.29, 0.717) is 195 Å². The second kappa shape index (κ2) is 62.3. The number of methoxy groups -OCH3 is 1. The number of rotatable bonds is 70. The zero-order chi connectivity index (χ0) is 86.3. The second-order valence-electron chi connectivity index (χ2n) is 29.4. The van der Waals surface area contributed by atoms with Crippen molar-refractivity contribution < 1.29 is 164 Å². The minimum absolute atomic E-state index is 0.0153. The number of hydrogen-bond donors (Lipinski definition) is 12. The number of aliphatic hydroxyl groups is 8. The van der Waals surface area contributed by atoms with Crippen molar-refractivity contribution in [1.82, 2.24) is 41.2 Å². The lowest BCUT2D eigenvalue weighted by Crippen LogP contribution is -2.61. The molecule has 4 fully saturated rings. The van der Waals surface area contributed by atoms with Crippen LogP contribution in [0.15, 0.2) is 18.3 Å². The number of ketones is 1. The Hall–Kier alpha value is -5.80. The van der Waals surface area contributed by atoms with Crippen molar-refractivity contribution in [3.05, 3.63) is 24.0 Å². The van der Waals surface area contributed by atoms with E-state index in [1.54, 1.807) is 10.9 Å². The Labute approximate surface area is 699 Å². The van der Waals surface area contributed by atoms with Crippen LogP contribution in [0.5, 0.6) is 0 Å². The maximum atomic E-state index is 12.8. The average molecular weight is 1730 g/mol. The molecule has 0 aromatic carbocycles. The molecule has 3 aliphatic heterocycles. The van der Waals surface area contributed by atoms with Crippen LogP contribution in [-0.4, -0.2) is 406 Å². The molecule has 42 heteroatoms. The number of ether oxygens (including phenoxy) is 18. The van der Waals surface area contributed by atoms with Gasteiger partial charge in [-0.05, 0) is 70.1 Å². The number of carbonyl (C=O) groups is 8. The molecule has 6 amide bonds. The third-order valence-corrected chi connectivity index (χ3v) is 20.3. The Balaban J connectivity index is 0.754. The van der Waals surface area contributed by atoms with Crippen molar-refractivity contribution in [1.29, 1.82) is 0 Å². The van der Waals surface area contributed by atoms with E-state index in [9.17, 15) is 79.2 Å². The smallest absolute Gasteiger partial charge is 0.253 e. The number of aldehydes is 1. The van der Waals surface area contributed by atoms with Crippen molar-refractivity contribution in [2.45, 2.75) is 195 Å². The van der Waals surface area contributed by atoms with Gasteiger partial charge in [-0.1, -0.05) is 18.1 Å². The van der Waals surface area contributed by atoms with Gasteiger partial charge in [0.05, 0.1) is 183 Å². The molecule has 15 atom stereocenters. The van der Waals surface area contributed by atoms with E-state index in [-0.39, 0.29) is 140 Å². The van der Waals surface area contributed by atoms with E-state index in [0.717, 1.165) is 25.7 Å². The maximum Gasteiger partial charge on any atom is 0.253 e. The second-order valence-corrected chi connectivity index (χ2v) is 29.4. The first-order valence-corrected chi connectivity index (χ1v) is 41.8. The summed E-state index contributed by atoms with van der Waals surface area (Å²) in [6.45, 7) is 7.07. The van der Waals surface area contributed by atoms with Crippen molar-refractivity contribution >= 4 is 47.5 Å². The summed E-state index contributed by atoms with van der Waals surface area (Å²) in [7, 11) is 1.28. The topological polar surface area (TPSA) is 547 Å². The van der Waals surface area contributed by atoms with E-state index in [1.807, 2.05) is 0 Å². The third-order valence-electron chi connectivity index (χ3n) is 20.3. The van der Waals surface area contributed by atoms with Crippen LogP contribution < -0.4 is 21.3 Å². The van der Waals surface area contributed by atoms with E-state index in [4.69, 9.17) is 85.3 Å². The average Bonchev–Trinajstić information content (AvgIpc) is 1.20. The number of aliphatic hydroxyl groups excluding tert-OH is 8. The lowest BCUT2D eigenvalue weighted by atomic mass is 9.79. The van der Waals surface area contributed by atoms with Crippen LogP contribution >= 0.6 is 0 Å². The summed E-state index contributed by atoms with van der Waals surface area (Å²) in [4.78, 5) is 96.6. The van der Waals surface area contributed by atoms with Gasteiger partial charge in [0.2, 0.25) is 23.6 Å².